The highest BCUT2D eigenvalue weighted by atomic mass is 16.5. The maximum absolute atomic E-state index is 12.8. The van der Waals surface area contributed by atoms with E-state index in [1.807, 2.05) is 12.1 Å². The highest BCUT2D eigenvalue weighted by Crippen LogP contribution is 2.49. The third-order valence-electron chi connectivity index (χ3n) is 4.97. The zero-order valence-corrected chi connectivity index (χ0v) is 15.4. The van der Waals surface area contributed by atoms with E-state index in [4.69, 9.17) is 18.6 Å². The normalized spacial score (nSPS) is 13.1. The van der Waals surface area contributed by atoms with Crippen LogP contribution in [0.3, 0.4) is 0 Å². The first-order valence-electron chi connectivity index (χ1n) is 8.64. The van der Waals surface area contributed by atoms with Gasteiger partial charge in [0.1, 0.15) is 18.0 Å². The lowest BCUT2D eigenvalue weighted by Gasteiger charge is -2.19. The van der Waals surface area contributed by atoms with Crippen molar-refractivity contribution in [2.45, 2.75) is 19.4 Å². The molecule has 0 saturated carbocycles. The number of ether oxygens (including phenoxy) is 3. The Balaban J connectivity index is 2.09. The Bertz CT molecular complexity index is 1050. The minimum absolute atomic E-state index is 0.0324. The average Bonchev–Trinajstić information content (AvgIpc) is 3.05. The van der Waals surface area contributed by atoms with E-state index < -0.39 is 0 Å². The molecule has 0 unspecified atom stereocenters. The summed E-state index contributed by atoms with van der Waals surface area (Å²) in [7, 11) is 4.71. The van der Waals surface area contributed by atoms with E-state index in [2.05, 4.69) is 0 Å². The highest BCUT2D eigenvalue weighted by Gasteiger charge is 2.28. The van der Waals surface area contributed by atoms with Crippen molar-refractivity contribution in [2.24, 2.45) is 0 Å². The maximum atomic E-state index is 12.8. The van der Waals surface area contributed by atoms with Crippen molar-refractivity contribution >= 4 is 16.8 Å². The van der Waals surface area contributed by atoms with Crippen molar-refractivity contribution in [3.8, 4) is 28.4 Å². The lowest BCUT2D eigenvalue weighted by atomic mass is 9.93. The van der Waals surface area contributed by atoms with Crippen molar-refractivity contribution in [1.29, 1.82) is 0 Å². The standard InChI is InChI=1S/C21H20O6/c1-24-18-8-11-4-5-16(23)14-9-17-12(6-13(10-22)27-17)7-15(14)19(11)21(26-3)20(18)25-2/h6-9,22H,4-5,10H2,1-3H3. The van der Waals surface area contributed by atoms with Crippen LogP contribution in [0.1, 0.15) is 28.1 Å². The van der Waals surface area contributed by atoms with Gasteiger partial charge in [-0.3, -0.25) is 4.79 Å². The summed E-state index contributed by atoms with van der Waals surface area (Å²) in [4.78, 5) is 12.8. The molecule has 0 radical (unpaired) electrons. The lowest BCUT2D eigenvalue weighted by Crippen LogP contribution is -2.00. The summed E-state index contributed by atoms with van der Waals surface area (Å²) in [5, 5.41) is 10.2. The first-order chi connectivity index (χ1) is 13.1. The van der Waals surface area contributed by atoms with Crippen molar-refractivity contribution in [3.63, 3.8) is 0 Å². The highest BCUT2D eigenvalue weighted by molar-refractivity contribution is 6.08. The first-order valence-corrected chi connectivity index (χ1v) is 8.64. The monoisotopic (exact) mass is 368 g/mol. The molecule has 1 N–H and O–H groups in total. The summed E-state index contributed by atoms with van der Waals surface area (Å²) >= 11 is 0. The zero-order valence-electron chi connectivity index (χ0n) is 15.4. The number of ketones is 1. The summed E-state index contributed by atoms with van der Waals surface area (Å²) in [5.41, 5.74) is 3.70. The number of furan rings is 1. The fraction of sp³-hybridized carbons (Fsp3) is 0.286. The number of hydrogen-bond acceptors (Lipinski definition) is 6. The third-order valence-corrected chi connectivity index (χ3v) is 4.97. The molecule has 0 amide bonds. The van der Waals surface area contributed by atoms with Crippen LogP contribution in [0.5, 0.6) is 17.2 Å². The molecule has 0 bridgehead atoms. The van der Waals surface area contributed by atoms with Gasteiger partial charge < -0.3 is 23.7 Å². The van der Waals surface area contributed by atoms with Gasteiger partial charge in [0.2, 0.25) is 5.75 Å². The summed E-state index contributed by atoms with van der Waals surface area (Å²) in [6.07, 6.45) is 0.945. The van der Waals surface area contributed by atoms with Gasteiger partial charge in [0.05, 0.1) is 21.3 Å². The van der Waals surface area contributed by atoms with Gasteiger partial charge in [-0.2, -0.15) is 0 Å². The van der Waals surface area contributed by atoms with Gasteiger partial charge in [-0.15, -0.1) is 0 Å². The van der Waals surface area contributed by atoms with Crippen molar-refractivity contribution in [3.05, 3.63) is 41.2 Å². The van der Waals surface area contributed by atoms with Gasteiger partial charge in [0.15, 0.2) is 17.3 Å². The number of aliphatic hydroxyl groups is 1. The fourth-order valence-corrected chi connectivity index (χ4v) is 3.74. The molecular formula is C21H20O6. The average molecular weight is 368 g/mol. The second-order valence-corrected chi connectivity index (χ2v) is 6.41. The molecular weight excluding hydrogens is 348 g/mol. The summed E-state index contributed by atoms with van der Waals surface area (Å²) in [5.74, 6) is 2.08. The smallest absolute Gasteiger partial charge is 0.203 e. The van der Waals surface area contributed by atoms with E-state index in [0.717, 1.165) is 22.1 Å². The zero-order chi connectivity index (χ0) is 19.1. The van der Waals surface area contributed by atoms with Gasteiger partial charge >= 0.3 is 0 Å². The molecule has 1 heterocycles. The maximum Gasteiger partial charge on any atom is 0.203 e. The SMILES string of the molecule is COc1cc2c(c(OC)c1OC)-c1cc3cc(CO)oc3cc1C(=O)CC2. The van der Waals surface area contributed by atoms with Crippen LogP contribution in [0.4, 0.5) is 0 Å². The van der Waals surface area contributed by atoms with E-state index in [1.165, 1.54) is 0 Å². The van der Waals surface area contributed by atoms with E-state index in [-0.39, 0.29) is 12.4 Å². The molecule has 1 aromatic heterocycles. The number of benzene rings is 2. The molecule has 1 aliphatic carbocycles. The molecule has 2 aromatic carbocycles. The number of carbonyl (C=O) groups is 1. The molecule has 0 atom stereocenters. The second kappa shape index (κ2) is 6.63. The molecule has 140 valence electrons. The second-order valence-electron chi connectivity index (χ2n) is 6.41. The number of fused-ring (bicyclic) bond motifs is 4. The van der Waals surface area contributed by atoms with Crippen LogP contribution >= 0.6 is 0 Å². The van der Waals surface area contributed by atoms with Gasteiger partial charge in [0.25, 0.3) is 0 Å². The molecule has 1 aliphatic rings. The molecule has 0 saturated heterocycles. The van der Waals surface area contributed by atoms with Crippen molar-refractivity contribution in [2.75, 3.05) is 21.3 Å². The van der Waals surface area contributed by atoms with Crippen LogP contribution in [-0.2, 0) is 13.0 Å². The molecule has 4 rings (SSSR count). The Kier molecular flexibility index (Phi) is 4.28. The van der Waals surface area contributed by atoms with Gasteiger partial charge in [-0.05, 0) is 41.8 Å². The van der Waals surface area contributed by atoms with Gasteiger partial charge in [0, 0.05) is 22.9 Å². The number of aryl methyl sites for hydroxylation is 1. The molecule has 6 nitrogen and oxygen atoms in total. The fourth-order valence-electron chi connectivity index (χ4n) is 3.74. The minimum atomic E-state index is -0.196. The van der Waals surface area contributed by atoms with Crippen LogP contribution in [0.2, 0.25) is 0 Å². The van der Waals surface area contributed by atoms with E-state index in [9.17, 15) is 9.90 Å². The van der Waals surface area contributed by atoms with Crippen LogP contribution < -0.4 is 14.2 Å². The predicted molar refractivity (Wildman–Crippen MR) is 99.9 cm³/mol. The van der Waals surface area contributed by atoms with Crippen LogP contribution in [0, 0.1) is 0 Å². The lowest BCUT2D eigenvalue weighted by molar-refractivity contribution is 0.0984. The number of Topliss-reactive ketones (excluding diaryl/α,β-unsaturated/α-hetero) is 1. The Morgan fingerprint density at radius 2 is 1.74 bits per heavy atom. The molecule has 27 heavy (non-hydrogen) atoms. The molecule has 6 heteroatoms. The van der Waals surface area contributed by atoms with E-state index in [1.54, 1.807) is 33.5 Å². The Labute approximate surface area is 156 Å². The number of aliphatic hydroxyl groups excluding tert-OH is 1. The minimum Gasteiger partial charge on any atom is -0.493 e. The van der Waals surface area contributed by atoms with Crippen molar-refractivity contribution in [1.82, 2.24) is 0 Å². The van der Waals surface area contributed by atoms with Gasteiger partial charge in [-0.25, -0.2) is 0 Å². The van der Waals surface area contributed by atoms with Crippen LogP contribution in [0.25, 0.3) is 22.1 Å². The molecule has 0 aliphatic heterocycles. The summed E-state index contributed by atoms with van der Waals surface area (Å²) in [6, 6.07) is 7.33. The summed E-state index contributed by atoms with van der Waals surface area (Å²) < 4.78 is 22.3. The Hall–Kier alpha value is -2.99. The number of methoxy groups -OCH3 is 3. The Morgan fingerprint density at radius 3 is 2.41 bits per heavy atom. The first kappa shape index (κ1) is 17.4. The topological polar surface area (TPSA) is 78.1 Å². The molecule has 3 aromatic rings. The predicted octanol–water partition coefficient (Wildman–Crippen LogP) is 3.75. The third kappa shape index (κ3) is 2.64. The number of hydrogen-bond donors (Lipinski definition) is 1. The Morgan fingerprint density at radius 1 is 0.963 bits per heavy atom. The molecule has 0 fully saturated rings. The number of rotatable bonds is 4. The number of carbonyl (C=O) groups excluding carboxylic acids is 1. The van der Waals surface area contributed by atoms with Crippen LogP contribution in [-0.4, -0.2) is 32.2 Å². The van der Waals surface area contributed by atoms with E-state index in [0.29, 0.717) is 47.0 Å². The van der Waals surface area contributed by atoms with E-state index >= 15 is 0 Å². The van der Waals surface area contributed by atoms with Gasteiger partial charge in [-0.1, -0.05) is 0 Å². The van der Waals surface area contributed by atoms with Crippen molar-refractivity contribution < 1.29 is 28.5 Å². The van der Waals surface area contributed by atoms with Crippen LogP contribution in [0.15, 0.2) is 28.7 Å². The largest absolute Gasteiger partial charge is 0.493 e. The molecule has 0 spiro atoms. The quantitative estimate of drug-likeness (QED) is 0.756. The summed E-state index contributed by atoms with van der Waals surface area (Å²) in [6.45, 7) is -0.196.